The molecule has 0 aromatic carbocycles. The Balaban J connectivity index is 1.94. The number of nitrogens with one attached hydrogen (secondary N) is 1. The lowest BCUT2D eigenvalue weighted by Crippen LogP contribution is -2.44. The summed E-state index contributed by atoms with van der Waals surface area (Å²) < 4.78 is 10.7. The first-order chi connectivity index (χ1) is 5.85. The van der Waals surface area contributed by atoms with E-state index in [1.54, 1.807) is 7.11 Å². The number of rotatable bonds is 1. The summed E-state index contributed by atoms with van der Waals surface area (Å²) in [7, 11) is 1.80. The lowest BCUT2D eigenvalue weighted by molar-refractivity contribution is 0.0371. The first-order valence-corrected chi connectivity index (χ1v) is 4.70. The van der Waals surface area contributed by atoms with Gasteiger partial charge in [-0.2, -0.15) is 0 Å². The maximum atomic E-state index is 5.34. The molecule has 3 heteroatoms. The van der Waals surface area contributed by atoms with Crippen LogP contribution >= 0.6 is 0 Å². The zero-order valence-electron chi connectivity index (χ0n) is 7.64. The van der Waals surface area contributed by atoms with E-state index in [0.29, 0.717) is 11.6 Å². The molecule has 2 fully saturated rings. The van der Waals surface area contributed by atoms with Gasteiger partial charge in [0, 0.05) is 32.4 Å². The van der Waals surface area contributed by atoms with E-state index < -0.39 is 0 Å². The average molecular weight is 171 g/mol. The van der Waals surface area contributed by atoms with Gasteiger partial charge in [-0.05, 0) is 19.3 Å². The van der Waals surface area contributed by atoms with Gasteiger partial charge in [-0.3, -0.25) is 0 Å². The van der Waals surface area contributed by atoms with Crippen molar-refractivity contribution in [1.29, 1.82) is 0 Å². The van der Waals surface area contributed by atoms with Crippen LogP contribution in [0.25, 0.3) is 0 Å². The van der Waals surface area contributed by atoms with Crippen molar-refractivity contribution in [1.82, 2.24) is 5.32 Å². The van der Waals surface area contributed by atoms with E-state index in [0.717, 1.165) is 39.0 Å². The third-order valence-corrected chi connectivity index (χ3v) is 3.11. The van der Waals surface area contributed by atoms with Crippen molar-refractivity contribution in [2.45, 2.75) is 30.9 Å². The zero-order chi connectivity index (χ0) is 8.44. The molecular formula is C9H17NO2. The van der Waals surface area contributed by atoms with Crippen molar-refractivity contribution in [3.05, 3.63) is 0 Å². The highest BCUT2D eigenvalue weighted by atomic mass is 16.5. The van der Waals surface area contributed by atoms with E-state index in [2.05, 4.69) is 5.32 Å². The Hall–Kier alpha value is -0.120. The van der Waals surface area contributed by atoms with Gasteiger partial charge >= 0.3 is 0 Å². The highest BCUT2D eigenvalue weighted by molar-refractivity contribution is 4.98. The van der Waals surface area contributed by atoms with Crippen LogP contribution in [0.5, 0.6) is 0 Å². The molecule has 0 aromatic heterocycles. The molecule has 0 saturated carbocycles. The van der Waals surface area contributed by atoms with Crippen LogP contribution in [-0.4, -0.2) is 38.5 Å². The quantitative estimate of drug-likeness (QED) is 0.624. The molecule has 1 unspecified atom stereocenters. The zero-order valence-corrected chi connectivity index (χ0v) is 7.64. The van der Waals surface area contributed by atoms with Gasteiger partial charge in [-0.25, -0.2) is 0 Å². The molecule has 2 rings (SSSR count). The van der Waals surface area contributed by atoms with Crippen molar-refractivity contribution < 1.29 is 9.47 Å². The monoisotopic (exact) mass is 171 g/mol. The standard InChI is InChI=1S/C9H17NO2/c1-11-8-6-9(10-7-8)2-4-12-5-3-9/h8,10H,2-7H2,1H3. The molecule has 0 amide bonds. The summed E-state index contributed by atoms with van der Waals surface area (Å²) >= 11 is 0. The van der Waals surface area contributed by atoms with Crippen LogP contribution in [0.3, 0.4) is 0 Å². The first kappa shape index (κ1) is 8.48. The van der Waals surface area contributed by atoms with Crippen LogP contribution < -0.4 is 5.32 Å². The van der Waals surface area contributed by atoms with Crippen LogP contribution in [0, 0.1) is 0 Å². The molecule has 12 heavy (non-hydrogen) atoms. The average Bonchev–Trinajstić information content (AvgIpc) is 2.50. The molecule has 2 heterocycles. The fourth-order valence-electron chi connectivity index (χ4n) is 2.22. The largest absolute Gasteiger partial charge is 0.381 e. The maximum absolute atomic E-state index is 5.34. The van der Waals surface area contributed by atoms with E-state index in [4.69, 9.17) is 9.47 Å². The Morgan fingerprint density at radius 3 is 2.75 bits per heavy atom. The minimum Gasteiger partial charge on any atom is -0.381 e. The van der Waals surface area contributed by atoms with E-state index in [1.807, 2.05) is 0 Å². The van der Waals surface area contributed by atoms with E-state index in [1.165, 1.54) is 0 Å². The van der Waals surface area contributed by atoms with Crippen molar-refractivity contribution >= 4 is 0 Å². The number of ether oxygens (including phenoxy) is 2. The summed E-state index contributed by atoms with van der Waals surface area (Å²) in [5.74, 6) is 0. The molecule has 0 radical (unpaired) electrons. The van der Waals surface area contributed by atoms with Gasteiger partial charge in [-0.15, -0.1) is 0 Å². The van der Waals surface area contributed by atoms with Crippen LogP contribution in [-0.2, 0) is 9.47 Å². The molecule has 0 aliphatic carbocycles. The molecule has 70 valence electrons. The second kappa shape index (κ2) is 3.32. The summed E-state index contributed by atoms with van der Waals surface area (Å²) in [6.45, 7) is 2.82. The highest BCUT2D eigenvalue weighted by Gasteiger charge is 2.39. The topological polar surface area (TPSA) is 30.5 Å². The van der Waals surface area contributed by atoms with Crippen LogP contribution in [0.2, 0.25) is 0 Å². The minimum absolute atomic E-state index is 0.346. The number of hydrogen-bond donors (Lipinski definition) is 1. The van der Waals surface area contributed by atoms with Crippen LogP contribution in [0.4, 0.5) is 0 Å². The van der Waals surface area contributed by atoms with Crippen LogP contribution in [0.1, 0.15) is 19.3 Å². The van der Waals surface area contributed by atoms with Gasteiger partial charge in [0.15, 0.2) is 0 Å². The molecular weight excluding hydrogens is 154 g/mol. The third-order valence-electron chi connectivity index (χ3n) is 3.11. The predicted molar refractivity (Wildman–Crippen MR) is 46.2 cm³/mol. The highest BCUT2D eigenvalue weighted by Crippen LogP contribution is 2.30. The van der Waals surface area contributed by atoms with Gasteiger partial charge in [0.1, 0.15) is 0 Å². The van der Waals surface area contributed by atoms with Gasteiger partial charge in [0.25, 0.3) is 0 Å². The van der Waals surface area contributed by atoms with Crippen molar-refractivity contribution in [3.63, 3.8) is 0 Å². The molecule has 2 aliphatic rings. The second-order valence-corrected chi connectivity index (χ2v) is 3.84. The van der Waals surface area contributed by atoms with Gasteiger partial charge < -0.3 is 14.8 Å². The third kappa shape index (κ3) is 1.49. The molecule has 3 nitrogen and oxygen atoms in total. The summed E-state index contributed by atoms with van der Waals surface area (Å²) in [6, 6.07) is 0. The van der Waals surface area contributed by atoms with Crippen molar-refractivity contribution in [2.24, 2.45) is 0 Å². The summed E-state index contributed by atoms with van der Waals surface area (Å²) in [5.41, 5.74) is 0.346. The molecule has 2 saturated heterocycles. The molecule has 1 spiro atoms. The minimum atomic E-state index is 0.346. The maximum Gasteiger partial charge on any atom is 0.0713 e. The molecule has 2 aliphatic heterocycles. The predicted octanol–water partition coefficient (Wildman–Crippen LogP) is 0.544. The van der Waals surface area contributed by atoms with Gasteiger partial charge in [0.05, 0.1) is 6.10 Å². The Kier molecular flexibility index (Phi) is 2.35. The number of methoxy groups -OCH3 is 1. The lowest BCUT2D eigenvalue weighted by atomic mass is 9.88. The summed E-state index contributed by atoms with van der Waals surface area (Å²) in [4.78, 5) is 0. The Bertz CT molecular complexity index is 155. The smallest absolute Gasteiger partial charge is 0.0713 e. The Morgan fingerprint density at radius 2 is 2.17 bits per heavy atom. The first-order valence-electron chi connectivity index (χ1n) is 4.70. The molecule has 1 N–H and O–H groups in total. The second-order valence-electron chi connectivity index (χ2n) is 3.84. The molecule has 1 atom stereocenters. The van der Waals surface area contributed by atoms with Crippen molar-refractivity contribution in [3.8, 4) is 0 Å². The normalized spacial score (nSPS) is 34.2. The molecule has 0 bridgehead atoms. The van der Waals surface area contributed by atoms with E-state index in [9.17, 15) is 0 Å². The number of hydrogen-bond acceptors (Lipinski definition) is 3. The Morgan fingerprint density at radius 1 is 1.42 bits per heavy atom. The Labute approximate surface area is 73.4 Å². The summed E-state index contributed by atoms with van der Waals surface area (Å²) in [6.07, 6.45) is 3.87. The fourth-order valence-corrected chi connectivity index (χ4v) is 2.22. The molecule has 0 aromatic rings. The lowest BCUT2D eigenvalue weighted by Gasteiger charge is -2.33. The van der Waals surface area contributed by atoms with Crippen LogP contribution in [0.15, 0.2) is 0 Å². The SMILES string of the molecule is COC1CNC2(CCOCC2)C1. The van der Waals surface area contributed by atoms with Crippen molar-refractivity contribution in [2.75, 3.05) is 26.9 Å². The van der Waals surface area contributed by atoms with Gasteiger partial charge in [-0.1, -0.05) is 0 Å². The fraction of sp³-hybridized carbons (Fsp3) is 1.00. The van der Waals surface area contributed by atoms with Gasteiger partial charge in [0.2, 0.25) is 0 Å². The van der Waals surface area contributed by atoms with E-state index in [-0.39, 0.29) is 0 Å². The summed E-state index contributed by atoms with van der Waals surface area (Å²) in [5, 5.41) is 3.57. The van der Waals surface area contributed by atoms with E-state index >= 15 is 0 Å².